The lowest BCUT2D eigenvalue weighted by atomic mass is 9.99. The fraction of sp³-hybridized carbons (Fsp3) is 0.375. The Labute approximate surface area is 128 Å². The van der Waals surface area contributed by atoms with Crippen molar-refractivity contribution in [1.82, 2.24) is 5.32 Å². The fourth-order valence-electron chi connectivity index (χ4n) is 2.19. The highest BCUT2D eigenvalue weighted by molar-refractivity contribution is 9.10. The first-order chi connectivity index (χ1) is 9.10. The minimum absolute atomic E-state index is 0.483. The van der Waals surface area contributed by atoms with Crippen molar-refractivity contribution in [3.05, 3.63) is 55.7 Å². The average Bonchev–Trinajstić information content (AvgIpc) is 2.78. The maximum atomic E-state index is 3.61. The topological polar surface area (TPSA) is 12.0 Å². The fourth-order valence-corrected chi connectivity index (χ4v) is 3.78. The van der Waals surface area contributed by atoms with Crippen LogP contribution in [0.3, 0.4) is 0 Å². The molecule has 0 saturated heterocycles. The second-order valence-electron chi connectivity index (χ2n) is 5.00. The molecule has 1 atom stereocenters. The van der Waals surface area contributed by atoms with Crippen LogP contribution in [0.25, 0.3) is 0 Å². The smallest absolute Gasteiger partial charge is 0.0314 e. The lowest BCUT2D eigenvalue weighted by Gasteiger charge is -2.16. The molecule has 1 heterocycles. The van der Waals surface area contributed by atoms with Gasteiger partial charge < -0.3 is 5.32 Å². The second kappa shape index (κ2) is 6.69. The van der Waals surface area contributed by atoms with Crippen LogP contribution in [0, 0.1) is 13.8 Å². The lowest BCUT2D eigenvalue weighted by molar-refractivity contribution is 0.559. The molecule has 19 heavy (non-hydrogen) atoms. The summed E-state index contributed by atoms with van der Waals surface area (Å²) >= 11 is 5.44. The first-order valence-corrected chi connectivity index (χ1v) is 8.22. The number of thiophene rings is 1. The SMILES string of the molecule is CNC(Cc1ccc(C)c(C)c1)Cc1sccc1Br. The van der Waals surface area contributed by atoms with Crippen molar-refractivity contribution in [2.75, 3.05) is 7.05 Å². The summed E-state index contributed by atoms with van der Waals surface area (Å²) in [6.07, 6.45) is 2.14. The Hall–Kier alpha value is -0.640. The Morgan fingerprint density at radius 3 is 2.53 bits per heavy atom. The van der Waals surface area contributed by atoms with Gasteiger partial charge in [-0.25, -0.2) is 0 Å². The average molecular weight is 338 g/mol. The van der Waals surface area contributed by atoms with Crippen LogP contribution >= 0.6 is 27.3 Å². The summed E-state index contributed by atoms with van der Waals surface area (Å²) in [4.78, 5) is 1.42. The zero-order valence-electron chi connectivity index (χ0n) is 11.7. The van der Waals surface area contributed by atoms with E-state index in [1.165, 1.54) is 26.0 Å². The van der Waals surface area contributed by atoms with Crippen molar-refractivity contribution < 1.29 is 0 Å². The van der Waals surface area contributed by atoms with Crippen molar-refractivity contribution in [2.24, 2.45) is 0 Å². The molecule has 1 aromatic carbocycles. The van der Waals surface area contributed by atoms with E-state index in [-0.39, 0.29) is 0 Å². The Balaban J connectivity index is 2.06. The molecule has 0 bridgehead atoms. The first-order valence-electron chi connectivity index (χ1n) is 6.55. The molecule has 0 spiro atoms. The molecule has 0 amide bonds. The summed E-state index contributed by atoms with van der Waals surface area (Å²) in [7, 11) is 2.05. The number of aryl methyl sites for hydroxylation is 2. The molecule has 102 valence electrons. The molecule has 1 aromatic heterocycles. The monoisotopic (exact) mass is 337 g/mol. The van der Waals surface area contributed by atoms with Crippen molar-refractivity contribution in [3.63, 3.8) is 0 Å². The van der Waals surface area contributed by atoms with Crippen molar-refractivity contribution in [2.45, 2.75) is 32.7 Å². The van der Waals surface area contributed by atoms with Crippen molar-refractivity contribution >= 4 is 27.3 Å². The predicted molar refractivity (Wildman–Crippen MR) is 88.2 cm³/mol. The summed E-state index contributed by atoms with van der Waals surface area (Å²) < 4.78 is 1.23. The van der Waals surface area contributed by atoms with Gasteiger partial charge >= 0.3 is 0 Å². The van der Waals surface area contributed by atoms with Crippen molar-refractivity contribution in [1.29, 1.82) is 0 Å². The van der Waals surface area contributed by atoms with Gasteiger partial charge in [-0.2, -0.15) is 0 Å². The van der Waals surface area contributed by atoms with Crippen LogP contribution in [0.4, 0.5) is 0 Å². The van der Waals surface area contributed by atoms with Gasteiger partial charge in [-0.05, 0) is 77.8 Å². The molecule has 0 radical (unpaired) electrons. The predicted octanol–water partition coefficient (Wildman–Crippen LogP) is 4.50. The molecule has 0 aliphatic heterocycles. The van der Waals surface area contributed by atoms with Gasteiger partial charge in [0.2, 0.25) is 0 Å². The molecule has 2 rings (SSSR count). The van der Waals surface area contributed by atoms with E-state index in [0.717, 1.165) is 12.8 Å². The molecule has 2 aromatic rings. The molecule has 0 aliphatic carbocycles. The molecule has 1 unspecified atom stereocenters. The molecule has 0 fully saturated rings. The quantitative estimate of drug-likeness (QED) is 0.846. The lowest BCUT2D eigenvalue weighted by Crippen LogP contribution is -2.29. The van der Waals surface area contributed by atoms with Crippen LogP contribution in [0.15, 0.2) is 34.1 Å². The zero-order chi connectivity index (χ0) is 13.8. The molecular weight excluding hydrogens is 318 g/mol. The van der Waals surface area contributed by atoms with Crippen LogP contribution < -0.4 is 5.32 Å². The molecule has 1 nitrogen and oxygen atoms in total. The Morgan fingerprint density at radius 1 is 1.16 bits per heavy atom. The summed E-state index contributed by atoms with van der Waals surface area (Å²) in [6.45, 7) is 4.35. The normalized spacial score (nSPS) is 12.6. The van der Waals surface area contributed by atoms with E-state index in [1.54, 1.807) is 0 Å². The van der Waals surface area contributed by atoms with Crippen molar-refractivity contribution in [3.8, 4) is 0 Å². The van der Waals surface area contributed by atoms with Gasteiger partial charge in [-0.1, -0.05) is 18.2 Å². The molecule has 0 saturated carbocycles. The number of likely N-dealkylation sites (N-methyl/N-ethyl adjacent to an activating group) is 1. The van der Waals surface area contributed by atoms with E-state index in [9.17, 15) is 0 Å². The van der Waals surface area contributed by atoms with Crippen LogP contribution in [0.5, 0.6) is 0 Å². The summed E-state index contributed by atoms with van der Waals surface area (Å²) in [5.41, 5.74) is 4.16. The minimum atomic E-state index is 0.483. The van der Waals surface area contributed by atoms with Crippen LogP contribution in [-0.2, 0) is 12.8 Å². The minimum Gasteiger partial charge on any atom is -0.316 e. The number of hydrogen-bond acceptors (Lipinski definition) is 2. The highest BCUT2D eigenvalue weighted by atomic mass is 79.9. The maximum absolute atomic E-state index is 3.61. The highest BCUT2D eigenvalue weighted by Gasteiger charge is 2.12. The summed E-state index contributed by atoms with van der Waals surface area (Å²) in [5.74, 6) is 0. The standard InChI is InChI=1S/C16H20BrNS/c1-11-4-5-13(8-12(11)2)9-14(18-3)10-16-15(17)6-7-19-16/h4-8,14,18H,9-10H2,1-3H3. The van der Waals surface area contributed by atoms with E-state index in [2.05, 4.69) is 64.7 Å². The maximum Gasteiger partial charge on any atom is 0.0314 e. The van der Waals surface area contributed by atoms with Crippen LogP contribution in [-0.4, -0.2) is 13.1 Å². The van der Waals surface area contributed by atoms with E-state index in [0.29, 0.717) is 6.04 Å². The molecule has 1 N–H and O–H groups in total. The Bertz CT molecular complexity index is 547. The van der Waals surface area contributed by atoms with Gasteiger partial charge in [0, 0.05) is 15.4 Å². The van der Waals surface area contributed by atoms with Gasteiger partial charge in [0.1, 0.15) is 0 Å². The number of nitrogens with one attached hydrogen (secondary N) is 1. The van der Waals surface area contributed by atoms with E-state index >= 15 is 0 Å². The Kier molecular flexibility index (Phi) is 5.20. The third-order valence-electron chi connectivity index (χ3n) is 3.58. The number of halogens is 1. The van der Waals surface area contributed by atoms with Gasteiger partial charge in [-0.3, -0.25) is 0 Å². The van der Waals surface area contributed by atoms with E-state index in [1.807, 2.05) is 18.4 Å². The zero-order valence-corrected chi connectivity index (χ0v) is 14.1. The third kappa shape index (κ3) is 3.91. The molecule has 3 heteroatoms. The summed E-state index contributed by atoms with van der Waals surface area (Å²) in [5, 5.41) is 5.58. The summed E-state index contributed by atoms with van der Waals surface area (Å²) in [6, 6.07) is 9.39. The Morgan fingerprint density at radius 2 is 1.95 bits per heavy atom. The van der Waals surface area contributed by atoms with Gasteiger partial charge in [0.05, 0.1) is 0 Å². The number of rotatable bonds is 5. The van der Waals surface area contributed by atoms with Gasteiger partial charge in [0.15, 0.2) is 0 Å². The largest absolute Gasteiger partial charge is 0.316 e. The first kappa shape index (κ1) is 14.8. The molecular formula is C16H20BrNS. The van der Waals surface area contributed by atoms with Crippen LogP contribution in [0.2, 0.25) is 0 Å². The van der Waals surface area contributed by atoms with E-state index < -0.39 is 0 Å². The van der Waals surface area contributed by atoms with Crippen LogP contribution in [0.1, 0.15) is 21.6 Å². The number of benzene rings is 1. The second-order valence-corrected chi connectivity index (χ2v) is 6.86. The van der Waals surface area contributed by atoms with Gasteiger partial charge in [0.25, 0.3) is 0 Å². The number of hydrogen-bond donors (Lipinski definition) is 1. The highest BCUT2D eigenvalue weighted by Crippen LogP contribution is 2.24. The third-order valence-corrected chi connectivity index (χ3v) is 5.53. The van der Waals surface area contributed by atoms with Gasteiger partial charge in [-0.15, -0.1) is 11.3 Å². The van der Waals surface area contributed by atoms with E-state index in [4.69, 9.17) is 0 Å². The molecule has 0 aliphatic rings.